The first kappa shape index (κ1) is 9.72. The second kappa shape index (κ2) is 3.83. The highest BCUT2D eigenvalue weighted by Gasteiger charge is 2.27. The smallest absolute Gasteiger partial charge is 0.181 e. The van der Waals surface area contributed by atoms with Gasteiger partial charge in [-0.1, -0.05) is 0 Å². The number of carbonyl (C=O) groups is 1. The van der Waals surface area contributed by atoms with Gasteiger partial charge in [-0.3, -0.25) is 4.79 Å². The van der Waals surface area contributed by atoms with Crippen molar-refractivity contribution in [2.24, 2.45) is 0 Å². The Labute approximate surface area is 93.9 Å². The predicted molar refractivity (Wildman–Crippen MR) is 59.8 cm³/mol. The van der Waals surface area contributed by atoms with Crippen LogP contribution in [-0.2, 0) is 6.42 Å². The lowest BCUT2D eigenvalue weighted by Gasteiger charge is -2.29. The third-order valence-electron chi connectivity index (χ3n) is 3.21. The molecule has 84 valence electrons. The number of nitrogens with one attached hydrogen (secondary N) is 1. The Morgan fingerprint density at radius 3 is 2.81 bits per heavy atom. The summed E-state index contributed by atoms with van der Waals surface area (Å²) in [6.07, 6.45) is 2.90. The van der Waals surface area contributed by atoms with E-state index < -0.39 is 0 Å². The van der Waals surface area contributed by atoms with E-state index in [9.17, 15) is 4.79 Å². The molecule has 0 amide bonds. The quantitative estimate of drug-likeness (QED) is 0.720. The summed E-state index contributed by atoms with van der Waals surface area (Å²) in [5.41, 5.74) is 1.69. The number of nitrogens with zero attached hydrogens (tertiary/aromatic N) is 3. The fraction of sp³-hybridized carbons (Fsp3) is 0.545. The minimum Gasteiger partial charge on any atom is -0.354 e. The van der Waals surface area contributed by atoms with E-state index in [1.165, 1.54) is 6.33 Å². The molecule has 2 heterocycles. The minimum absolute atomic E-state index is 0.161. The average molecular weight is 218 g/mol. The van der Waals surface area contributed by atoms with Gasteiger partial charge < -0.3 is 10.2 Å². The highest BCUT2D eigenvalue weighted by molar-refractivity contribution is 5.99. The number of anilines is 1. The topological polar surface area (TPSA) is 58.1 Å². The third-order valence-corrected chi connectivity index (χ3v) is 3.21. The lowest BCUT2D eigenvalue weighted by atomic mass is 10.2. The number of fused-ring (bicyclic) bond motifs is 1. The van der Waals surface area contributed by atoms with Crippen LogP contribution >= 0.6 is 0 Å². The second-order valence-electron chi connectivity index (χ2n) is 4.18. The molecule has 0 bridgehead atoms. The van der Waals surface area contributed by atoms with Gasteiger partial charge in [0.25, 0.3) is 0 Å². The molecule has 0 atom stereocenters. The van der Waals surface area contributed by atoms with Gasteiger partial charge in [0.05, 0.1) is 0 Å². The largest absolute Gasteiger partial charge is 0.354 e. The molecule has 0 saturated carbocycles. The number of ketones is 1. The van der Waals surface area contributed by atoms with Crippen LogP contribution in [0.4, 0.5) is 5.82 Å². The molecule has 0 unspecified atom stereocenters. The summed E-state index contributed by atoms with van der Waals surface area (Å²) in [4.78, 5) is 22.3. The van der Waals surface area contributed by atoms with E-state index in [0.29, 0.717) is 12.1 Å². The van der Waals surface area contributed by atoms with E-state index in [-0.39, 0.29) is 5.78 Å². The normalized spacial score (nSPS) is 20.0. The maximum Gasteiger partial charge on any atom is 0.181 e. The van der Waals surface area contributed by atoms with E-state index in [0.717, 1.165) is 44.0 Å². The number of Topliss-reactive ketones (excluding diaryl/α,β-unsaturated/α-hetero) is 1. The van der Waals surface area contributed by atoms with Gasteiger partial charge in [-0.05, 0) is 6.42 Å². The molecule has 1 fully saturated rings. The first-order chi connectivity index (χ1) is 7.86. The summed E-state index contributed by atoms with van der Waals surface area (Å²) in [7, 11) is 0. The summed E-state index contributed by atoms with van der Waals surface area (Å²) >= 11 is 0. The lowest BCUT2D eigenvalue weighted by Crippen LogP contribution is -2.44. The zero-order chi connectivity index (χ0) is 11.0. The van der Waals surface area contributed by atoms with Crippen LogP contribution in [0.5, 0.6) is 0 Å². The summed E-state index contributed by atoms with van der Waals surface area (Å²) in [6.45, 7) is 3.87. The first-order valence-corrected chi connectivity index (χ1v) is 5.69. The van der Waals surface area contributed by atoms with Gasteiger partial charge in [-0.2, -0.15) is 0 Å². The maximum absolute atomic E-state index is 11.6. The molecular weight excluding hydrogens is 204 g/mol. The van der Waals surface area contributed by atoms with Crippen molar-refractivity contribution in [3.63, 3.8) is 0 Å². The van der Waals surface area contributed by atoms with Crippen LogP contribution in [0.1, 0.15) is 22.5 Å². The number of hydrogen-bond donors (Lipinski definition) is 1. The van der Waals surface area contributed by atoms with Gasteiger partial charge in [0.1, 0.15) is 17.8 Å². The van der Waals surface area contributed by atoms with Crippen LogP contribution < -0.4 is 10.2 Å². The van der Waals surface area contributed by atoms with Gasteiger partial charge in [-0.15, -0.1) is 0 Å². The zero-order valence-electron chi connectivity index (χ0n) is 9.07. The number of rotatable bonds is 1. The highest BCUT2D eigenvalue weighted by atomic mass is 16.1. The molecule has 5 heteroatoms. The molecule has 1 aromatic heterocycles. The molecule has 0 radical (unpaired) electrons. The fourth-order valence-corrected chi connectivity index (χ4v) is 2.38. The summed E-state index contributed by atoms with van der Waals surface area (Å²) in [6, 6.07) is 0. The van der Waals surface area contributed by atoms with Crippen LogP contribution in [0, 0.1) is 0 Å². The van der Waals surface area contributed by atoms with Crippen LogP contribution in [0.2, 0.25) is 0 Å². The molecular formula is C11H14N4O. The molecule has 5 nitrogen and oxygen atoms in total. The Kier molecular flexibility index (Phi) is 2.32. The number of piperazine rings is 1. The van der Waals surface area contributed by atoms with E-state index in [1.54, 1.807) is 0 Å². The summed E-state index contributed by atoms with van der Waals surface area (Å²) in [5, 5.41) is 3.31. The molecule has 1 saturated heterocycles. The summed E-state index contributed by atoms with van der Waals surface area (Å²) in [5.74, 6) is 1.13. The molecule has 1 N–H and O–H groups in total. The van der Waals surface area contributed by atoms with Crippen LogP contribution in [-0.4, -0.2) is 41.9 Å². The van der Waals surface area contributed by atoms with Crippen LogP contribution in [0.15, 0.2) is 6.33 Å². The van der Waals surface area contributed by atoms with Crippen molar-refractivity contribution < 1.29 is 4.79 Å². The molecule has 0 aromatic carbocycles. The fourth-order valence-electron chi connectivity index (χ4n) is 2.38. The molecule has 3 rings (SSSR count). The average Bonchev–Trinajstić information content (AvgIpc) is 2.73. The Morgan fingerprint density at radius 2 is 2.00 bits per heavy atom. The van der Waals surface area contributed by atoms with E-state index in [4.69, 9.17) is 0 Å². The predicted octanol–water partition coefficient (Wildman–Crippen LogP) is 0.0151. The monoisotopic (exact) mass is 218 g/mol. The van der Waals surface area contributed by atoms with Crippen molar-refractivity contribution in [3.05, 3.63) is 17.6 Å². The van der Waals surface area contributed by atoms with Crippen LogP contribution in [0.3, 0.4) is 0 Å². The van der Waals surface area contributed by atoms with E-state index >= 15 is 0 Å². The maximum atomic E-state index is 11.6. The lowest BCUT2D eigenvalue weighted by molar-refractivity contribution is 0.0990. The Balaban J connectivity index is 1.98. The van der Waals surface area contributed by atoms with Gasteiger partial charge in [0, 0.05) is 38.2 Å². The zero-order valence-corrected chi connectivity index (χ0v) is 9.07. The highest BCUT2D eigenvalue weighted by Crippen LogP contribution is 2.27. The Bertz CT molecular complexity index is 426. The van der Waals surface area contributed by atoms with E-state index in [1.807, 2.05) is 0 Å². The van der Waals surface area contributed by atoms with Crippen LogP contribution in [0.25, 0.3) is 0 Å². The third kappa shape index (κ3) is 1.48. The van der Waals surface area contributed by atoms with Gasteiger partial charge in [-0.25, -0.2) is 9.97 Å². The molecule has 2 aliphatic rings. The Morgan fingerprint density at radius 1 is 1.19 bits per heavy atom. The van der Waals surface area contributed by atoms with Crippen molar-refractivity contribution >= 4 is 11.6 Å². The van der Waals surface area contributed by atoms with Crippen molar-refractivity contribution in [1.29, 1.82) is 0 Å². The Hall–Kier alpha value is -1.49. The first-order valence-electron chi connectivity index (χ1n) is 5.69. The number of hydrogen-bond acceptors (Lipinski definition) is 5. The van der Waals surface area contributed by atoms with Gasteiger partial charge >= 0.3 is 0 Å². The van der Waals surface area contributed by atoms with Gasteiger partial charge in [0.15, 0.2) is 5.78 Å². The molecule has 16 heavy (non-hydrogen) atoms. The van der Waals surface area contributed by atoms with Crippen molar-refractivity contribution in [3.8, 4) is 0 Å². The standard InChI is InChI=1S/C11H14N4O/c16-9-2-1-8-10(9)13-7-14-11(8)15-5-3-12-4-6-15/h7,12H,1-6H2. The number of aromatic nitrogens is 2. The van der Waals surface area contributed by atoms with Crippen molar-refractivity contribution in [1.82, 2.24) is 15.3 Å². The van der Waals surface area contributed by atoms with E-state index in [2.05, 4.69) is 20.2 Å². The molecule has 1 aliphatic carbocycles. The SMILES string of the molecule is O=C1CCc2c1ncnc2N1CCNCC1. The molecule has 1 aromatic rings. The second-order valence-corrected chi connectivity index (χ2v) is 4.18. The minimum atomic E-state index is 0.161. The van der Waals surface area contributed by atoms with Crippen molar-refractivity contribution in [2.45, 2.75) is 12.8 Å². The van der Waals surface area contributed by atoms with Crippen molar-refractivity contribution in [2.75, 3.05) is 31.1 Å². The summed E-state index contributed by atoms with van der Waals surface area (Å²) < 4.78 is 0. The van der Waals surface area contributed by atoms with Gasteiger partial charge in [0.2, 0.25) is 0 Å². The molecule has 0 spiro atoms. The number of carbonyl (C=O) groups excluding carboxylic acids is 1. The molecule has 1 aliphatic heterocycles.